The number of fused-ring (bicyclic) bond motifs is 3. The van der Waals surface area contributed by atoms with Crippen molar-refractivity contribution in [1.82, 2.24) is 28.7 Å². The van der Waals surface area contributed by atoms with E-state index in [4.69, 9.17) is 5.26 Å². The van der Waals surface area contributed by atoms with Crippen molar-refractivity contribution in [1.29, 1.82) is 5.26 Å². The zero-order valence-corrected chi connectivity index (χ0v) is 10.4. The van der Waals surface area contributed by atoms with Gasteiger partial charge in [-0.3, -0.25) is 18.7 Å². The molecule has 0 saturated heterocycles. The van der Waals surface area contributed by atoms with Crippen LogP contribution in [-0.2, 0) is 14.1 Å². The van der Waals surface area contributed by atoms with Crippen LogP contribution in [0.5, 0.6) is 0 Å². The number of aryl methyl sites for hydroxylation is 1. The summed E-state index contributed by atoms with van der Waals surface area (Å²) in [6, 6.07) is 1.63. The number of hydrogen-bond donors (Lipinski definition) is 1. The second-order valence-corrected chi connectivity index (χ2v) is 4.14. The van der Waals surface area contributed by atoms with Crippen LogP contribution in [0.15, 0.2) is 14.4 Å². The van der Waals surface area contributed by atoms with Gasteiger partial charge in [-0.05, 0) is 0 Å². The van der Waals surface area contributed by atoms with Crippen molar-refractivity contribution < 1.29 is 0 Å². The van der Waals surface area contributed by atoms with Crippen LogP contribution in [0.25, 0.3) is 16.9 Å². The highest BCUT2D eigenvalue weighted by molar-refractivity contribution is 5.74. The Hall–Kier alpha value is -3.22. The molecule has 0 radical (unpaired) electrons. The minimum absolute atomic E-state index is 0.0118. The maximum absolute atomic E-state index is 12.1. The minimum Gasteiger partial charge on any atom is -0.280 e. The average molecular weight is 273 g/mol. The quantitative estimate of drug-likeness (QED) is 0.496. The maximum atomic E-state index is 12.1. The molecule has 0 aliphatic heterocycles. The van der Waals surface area contributed by atoms with E-state index in [0.717, 1.165) is 13.5 Å². The van der Waals surface area contributed by atoms with Gasteiger partial charge >= 0.3 is 5.69 Å². The first-order valence-corrected chi connectivity index (χ1v) is 5.44. The first-order valence-electron chi connectivity index (χ1n) is 5.44. The molecular weight excluding hydrogens is 266 g/mol. The van der Waals surface area contributed by atoms with Crippen molar-refractivity contribution in [3.8, 4) is 6.07 Å². The van der Waals surface area contributed by atoms with Crippen LogP contribution in [0, 0.1) is 11.3 Å². The molecule has 3 heterocycles. The van der Waals surface area contributed by atoms with Crippen molar-refractivity contribution in [2.45, 2.75) is 0 Å². The molecule has 3 rings (SSSR count). The maximum Gasteiger partial charge on any atom is 0.332 e. The highest BCUT2D eigenvalue weighted by Crippen LogP contribution is 2.06. The van der Waals surface area contributed by atoms with Gasteiger partial charge in [0.25, 0.3) is 11.1 Å². The molecule has 0 saturated carbocycles. The molecule has 0 amide bonds. The molecule has 0 aromatic carbocycles. The number of aromatic nitrogens is 6. The lowest BCUT2D eigenvalue weighted by Gasteiger charge is -2.03. The molecule has 0 aliphatic rings. The summed E-state index contributed by atoms with van der Waals surface area (Å²) in [6.07, 6.45) is 0. The summed E-state index contributed by atoms with van der Waals surface area (Å²) in [4.78, 5) is 40.0. The van der Waals surface area contributed by atoms with Gasteiger partial charge in [0, 0.05) is 14.1 Å². The molecule has 10 nitrogen and oxygen atoms in total. The number of imidazole rings is 1. The highest BCUT2D eigenvalue weighted by Gasteiger charge is 2.18. The van der Waals surface area contributed by atoms with Gasteiger partial charge in [-0.25, -0.2) is 19.3 Å². The number of nitrogens with zero attached hydrogens (tertiary/aromatic N) is 6. The predicted octanol–water partition coefficient (Wildman–Crippen LogP) is -2.16. The summed E-state index contributed by atoms with van der Waals surface area (Å²) in [5.41, 5.74) is -2.39. The number of hydrogen-bond acceptors (Lipinski definition) is 6. The highest BCUT2D eigenvalue weighted by atomic mass is 16.2. The third-order valence-electron chi connectivity index (χ3n) is 3.03. The van der Waals surface area contributed by atoms with E-state index in [0.29, 0.717) is 0 Å². The number of H-pyrrole nitrogens is 1. The number of rotatable bonds is 0. The van der Waals surface area contributed by atoms with E-state index in [9.17, 15) is 14.4 Å². The van der Waals surface area contributed by atoms with Crippen LogP contribution in [0.2, 0.25) is 0 Å². The molecule has 0 atom stereocenters. The van der Waals surface area contributed by atoms with E-state index >= 15 is 0 Å². The lowest BCUT2D eigenvalue weighted by Crippen LogP contribution is -2.37. The fourth-order valence-electron chi connectivity index (χ4n) is 2.03. The molecule has 3 aromatic rings. The first-order chi connectivity index (χ1) is 9.47. The Morgan fingerprint density at radius 1 is 1.15 bits per heavy atom. The monoisotopic (exact) mass is 273 g/mol. The second-order valence-electron chi connectivity index (χ2n) is 4.14. The van der Waals surface area contributed by atoms with Gasteiger partial charge in [0.1, 0.15) is 6.07 Å². The zero-order valence-electron chi connectivity index (χ0n) is 10.4. The van der Waals surface area contributed by atoms with E-state index < -0.39 is 16.8 Å². The summed E-state index contributed by atoms with van der Waals surface area (Å²) in [5, 5.41) is 14.8. The third-order valence-corrected chi connectivity index (χ3v) is 3.03. The minimum atomic E-state index is -0.744. The second kappa shape index (κ2) is 3.64. The summed E-state index contributed by atoms with van der Waals surface area (Å²) in [7, 11) is 2.72. The molecule has 0 fully saturated rings. The van der Waals surface area contributed by atoms with E-state index in [-0.39, 0.29) is 22.6 Å². The Morgan fingerprint density at radius 3 is 2.50 bits per heavy atom. The molecule has 0 bridgehead atoms. The van der Waals surface area contributed by atoms with E-state index in [1.54, 1.807) is 6.07 Å². The van der Waals surface area contributed by atoms with Gasteiger partial charge in [0.05, 0.1) is 0 Å². The molecule has 3 aromatic heterocycles. The smallest absolute Gasteiger partial charge is 0.280 e. The van der Waals surface area contributed by atoms with Crippen molar-refractivity contribution in [2.75, 3.05) is 0 Å². The van der Waals surface area contributed by atoms with Gasteiger partial charge in [0.15, 0.2) is 11.2 Å². The standard InChI is InChI=1S/C10H7N7O3/c1-15-6-5(8(19)16(2)10(15)20)12-9-14-13-4(3-11)7(18)17(6)9/h1-2H3,(H,12,14). The van der Waals surface area contributed by atoms with Crippen LogP contribution in [-0.4, -0.2) is 28.7 Å². The molecule has 1 N–H and O–H groups in total. The predicted molar refractivity (Wildman–Crippen MR) is 66.3 cm³/mol. The molecule has 100 valence electrons. The summed E-state index contributed by atoms with van der Waals surface area (Å²) >= 11 is 0. The zero-order chi connectivity index (χ0) is 14.6. The Kier molecular flexibility index (Phi) is 2.16. The normalized spacial score (nSPS) is 11.1. The Morgan fingerprint density at radius 2 is 1.85 bits per heavy atom. The average Bonchev–Trinajstić information content (AvgIpc) is 2.83. The molecule has 20 heavy (non-hydrogen) atoms. The van der Waals surface area contributed by atoms with Crippen LogP contribution in [0.3, 0.4) is 0 Å². The first kappa shape index (κ1) is 11.8. The van der Waals surface area contributed by atoms with Gasteiger partial charge in [-0.1, -0.05) is 0 Å². The van der Waals surface area contributed by atoms with Crippen molar-refractivity contribution in [3.63, 3.8) is 0 Å². The van der Waals surface area contributed by atoms with E-state index in [2.05, 4.69) is 15.2 Å². The van der Waals surface area contributed by atoms with Crippen LogP contribution < -0.4 is 16.8 Å². The summed E-state index contributed by atoms with van der Waals surface area (Å²) in [6.45, 7) is 0. The third kappa shape index (κ3) is 1.23. The van der Waals surface area contributed by atoms with Crippen LogP contribution in [0.4, 0.5) is 0 Å². The number of nitrogens with one attached hydrogen (secondary N) is 1. The lowest BCUT2D eigenvalue weighted by molar-refractivity contribution is 0.704. The Balaban J connectivity index is 2.79. The van der Waals surface area contributed by atoms with Crippen molar-refractivity contribution in [3.05, 3.63) is 36.9 Å². The Bertz CT molecular complexity index is 1090. The fraction of sp³-hybridized carbons (Fsp3) is 0.200. The van der Waals surface area contributed by atoms with Gasteiger partial charge in [-0.15, -0.1) is 0 Å². The summed E-state index contributed by atoms with van der Waals surface area (Å²) in [5.74, 6) is -0.0118. The van der Waals surface area contributed by atoms with Crippen molar-refractivity contribution >= 4 is 16.9 Å². The summed E-state index contributed by atoms with van der Waals surface area (Å²) < 4.78 is 2.99. The Labute approximate surface area is 109 Å². The fourth-order valence-corrected chi connectivity index (χ4v) is 2.03. The van der Waals surface area contributed by atoms with Gasteiger partial charge < -0.3 is 0 Å². The topological polar surface area (TPSA) is 131 Å². The van der Waals surface area contributed by atoms with Gasteiger partial charge in [-0.2, -0.15) is 10.4 Å². The van der Waals surface area contributed by atoms with Gasteiger partial charge in [0.2, 0.25) is 11.5 Å². The molecule has 0 spiro atoms. The largest absolute Gasteiger partial charge is 0.332 e. The van der Waals surface area contributed by atoms with Crippen LogP contribution in [0.1, 0.15) is 5.69 Å². The lowest BCUT2D eigenvalue weighted by atomic mass is 10.5. The SMILES string of the molecule is Cn1c(=O)c2nc3[nH]nc(C#N)c(=O)n3c2n(C)c1=O. The molecule has 0 aliphatic carbocycles. The molecule has 10 heteroatoms. The van der Waals surface area contributed by atoms with E-state index in [1.165, 1.54) is 14.1 Å². The number of aromatic amines is 1. The van der Waals surface area contributed by atoms with Crippen molar-refractivity contribution in [2.24, 2.45) is 14.1 Å². The van der Waals surface area contributed by atoms with Crippen LogP contribution >= 0.6 is 0 Å². The molecular formula is C10H7N7O3. The van der Waals surface area contributed by atoms with E-state index in [1.807, 2.05) is 0 Å². The molecule has 0 unspecified atom stereocenters. The number of nitriles is 1.